The third-order valence-electron chi connectivity index (χ3n) is 2.38. The Morgan fingerprint density at radius 3 is 2.76 bits per heavy atom. The van der Waals surface area contributed by atoms with Gasteiger partial charge >= 0.3 is 0 Å². The zero-order valence-electron chi connectivity index (χ0n) is 9.16. The maximum atomic E-state index is 6.07. The zero-order chi connectivity index (χ0) is 12.1. The van der Waals surface area contributed by atoms with Crippen LogP contribution in [0.3, 0.4) is 0 Å². The van der Waals surface area contributed by atoms with Gasteiger partial charge in [-0.2, -0.15) is 0 Å². The number of rotatable bonds is 4. The zero-order valence-corrected chi connectivity index (χ0v) is 10.7. The minimum absolute atomic E-state index is 0.689. The lowest BCUT2D eigenvalue weighted by Crippen LogP contribution is -2.13. The molecule has 0 aliphatic rings. The molecule has 1 aromatic carbocycles. The number of halogens is 2. The summed E-state index contributed by atoms with van der Waals surface area (Å²) < 4.78 is 0. The lowest BCUT2D eigenvalue weighted by atomic mass is 10.2. The summed E-state index contributed by atoms with van der Waals surface area (Å²) in [6.07, 6.45) is 3.60. The Kier molecular flexibility index (Phi) is 4.37. The molecule has 2 nitrogen and oxygen atoms in total. The number of nitrogens with one attached hydrogen (secondary N) is 1. The fourth-order valence-corrected chi connectivity index (χ4v) is 1.90. The van der Waals surface area contributed by atoms with E-state index in [1.165, 1.54) is 0 Å². The van der Waals surface area contributed by atoms with Crippen molar-refractivity contribution in [3.63, 3.8) is 0 Å². The topological polar surface area (TPSA) is 24.9 Å². The Morgan fingerprint density at radius 1 is 1.12 bits per heavy atom. The van der Waals surface area contributed by atoms with Crippen LogP contribution in [0.1, 0.15) is 11.1 Å². The van der Waals surface area contributed by atoms with Gasteiger partial charge in [0.25, 0.3) is 0 Å². The van der Waals surface area contributed by atoms with Crippen LogP contribution >= 0.6 is 23.2 Å². The van der Waals surface area contributed by atoms with E-state index in [1.54, 1.807) is 12.3 Å². The maximum absolute atomic E-state index is 6.07. The van der Waals surface area contributed by atoms with Gasteiger partial charge in [-0.3, -0.25) is 4.98 Å². The first-order valence-corrected chi connectivity index (χ1v) is 6.05. The van der Waals surface area contributed by atoms with Gasteiger partial charge in [-0.05, 0) is 35.4 Å². The molecule has 1 N–H and O–H groups in total. The smallest absolute Gasteiger partial charge is 0.0451 e. The van der Waals surface area contributed by atoms with E-state index in [9.17, 15) is 0 Å². The molecule has 0 aliphatic carbocycles. The molecule has 2 rings (SSSR count). The second-order valence-electron chi connectivity index (χ2n) is 3.70. The van der Waals surface area contributed by atoms with Gasteiger partial charge in [0.2, 0.25) is 0 Å². The van der Waals surface area contributed by atoms with Crippen molar-refractivity contribution in [3.05, 3.63) is 63.9 Å². The Morgan fingerprint density at radius 2 is 2.00 bits per heavy atom. The number of benzene rings is 1. The summed E-state index contributed by atoms with van der Waals surface area (Å²) in [6.45, 7) is 1.45. The van der Waals surface area contributed by atoms with E-state index < -0.39 is 0 Å². The van der Waals surface area contributed by atoms with Crippen LogP contribution < -0.4 is 5.32 Å². The molecule has 17 heavy (non-hydrogen) atoms. The first-order valence-electron chi connectivity index (χ1n) is 5.29. The summed E-state index contributed by atoms with van der Waals surface area (Å²) >= 11 is 12.0. The van der Waals surface area contributed by atoms with E-state index >= 15 is 0 Å². The second kappa shape index (κ2) is 6.01. The molecule has 0 amide bonds. The Labute approximate surface area is 111 Å². The van der Waals surface area contributed by atoms with E-state index in [1.807, 2.05) is 30.5 Å². The highest BCUT2D eigenvalue weighted by molar-refractivity contribution is 6.33. The summed E-state index contributed by atoms with van der Waals surface area (Å²) in [5.41, 5.74) is 2.15. The van der Waals surface area contributed by atoms with Gasteiger partial charge in [0.15, 0.2) is 0 Å². The molecule has 1 heterocycles. The predicted molar refractivity (Wildman–Crippen MR) is 71.2 cm³/mol. The lowest BCUT2D eigenvalue weighted by Gasteiger charge is -2.07. The van der Waals surface area contributed by atoms with Crippen LogP contribution in [0.4, 0.5) is 0 Å². The lowest BCUT2D eigenvalue weighted by molar-refractivity contribution is 0.691. The standard InChI is InChI=1S/C13H12Cl2N2/c14-12-3-4-13(15)11(6-12)9-17-8-10-2-1-5-16-7-10/h1-7,17H,8-9H2. The Hall–Kier alpha value is -1.09. The van der Waals surface area contributed by atoms with Gasteiger partial charge in [-0.1, -0.05) is 29.3 Å². The number of hydrogen-bond donors (Lipinski definition) is 1. The molecule has 1 aromatic heterocycles. The molecule has 4 heteroatoms. The molecule has 0 fully saturated rings. The van der Waals surface area contributed by atoms with E-state index in [0.717, 1.165) is 22.7 Å². The normalized spacial score (nSPS) is 10.5. The van der Waals surface area contributed by atoms with Crippen LogP contribution in [-0.4, -0.2) is 4.98 Å². The van der Waals surface area contributed by atoms with Crippen molar-refractivity contribution >= 4 is 23.2 Å². The van der Waals surface area contributed by atoms with Crippen molar-refractivity contribution in [3.8, 4) is 0 Å². The van der Waals surface area contributed by atoms with Crippen LogP contribution in [0.2, 0.25) is 10.0 Å². The van der Waals surface area contributed by atoms with E-state index in [0.29, 0.717) is 11.6 Å². The van der Waals surface area contributed by atoms with Crippen molar-refractivity contribution in [2.75, 3.05) is 0 Å². The second-order valence-corrected chi connectivity index (χ2v) is 4.54. The summed E-state index contributed by atoms with van der Waals surface area (Å²) in [6, 6.07) is 9.42. The van der Waals surface area contributed by atoms with Gasteiger partial charge in [-0.25, -0.2) is 0 Å². The first kappa shape index (κ1) is 12.4. The highest BCUT2D eigenvalue weighted by Crippen LogP contribution is 2.20. The molecular formula is C13H12Cl2N2. The molecule has 0 aliphatic heterocycles. The fourth-order valence-electron chi connectivity index (χ4n) is 1.52. The van der Waals surface area contributed by atoms with Crippen LogP contribution in [0, 0.1) is 0 Å². The van der Waals surface area contributed by atoms with Crippen LogP contribution in [0.15, 0.2) is 42.7 Å². The van der Waals surface area contributed by atoms with Crippen molar-refractivity contribution in [1.82, 2.24) is 10.3 Å². The number of nitrogens with zero attached hydrogens (tertiary/aromatic N) is 1. The Bertz CT molecular complexity index is 486. The number of hydrogen-bond acceptors (Lipinski definition) is 2. The molecule has 0 unspecified atom stereocenters. The quantitative estimate of drug-likeness (QED) is 0.914. The van der Waals surface area contributed by atoms with Crippen molar-refractivity contribution < 1.29 is 0 Å². The van der Waals surface area contributed by atoms with E-state index in [4.69, 9.17) is 23.2 Å². The van der Waals surface area contributed by atoms with Crippen molar-refractivity contribution in [2.24, 2.45) is 0 Å². The molecule has 0 saturated heterocycles. The van der Waals surface area contributed by atoms with Crippen LogP contribution in [-0.2, 0) is 13.1 Å². The largest absolute Gasteiger partial charge is 0.309 e. The van der Waals surface area contributed by atoms with Gasteiger partial charge < -0.3 is 5.32 Å². The summed E-state index contributed by atoms with van der Waals surface area (Å²) in [5, 5.41) is 4.73. The summed E-state index contributed by atoms with van der Waals surface area (Å²) in [4.78, 5) is 4.05. The minimum Gasteiger partial charge on any atom is -0.309 e. The highest BCUT2D eigenvalue weighted by atomic mass is 35.5. The Balaban J connectivity index is 1.92. The first-order chi connectivity index (χ1) is 8.25. The molecule has 0 radical (unpaired) electrons. The van der Waals surface area contributed by atoms with Crippen LogP contribution in [0.5, 0.6) is 0 Å². The highest BCUT2D eigenvalue weighted by Gasteiger charge is 2.01. The molecular weight excluding hydrogens is 255 g/mol. The van der Waals surface area contributed by atoms with Gasteiger partial charge in [0.1, 0.15) is 0 Å². The number of pyridine rings is 1. The van der Waals surface area contributed by atoms with E-state index in [2.05, 4.69) is 10.3 Å². The third kappa shape index (κ3) is 3.70. The van der Waals surface area contributed by atoms with Gasteiger partial charge in [0.05, 0.1) is 0 Å². The fraction of sp³-hybridized carbons (Fsp3) is 0.154. The van der Waals surface area contributed by atoms with Crippen molar-refractivity contribution in [2.45, 2.75) is 13.1 Å². The molecule has 2 aromatic rings. The molecule has 0 bridgehead atoms. The summed E-state index contributed by atoms with van der Waals surface area (Å²) in [7, 11) is 0. The van der Waals surface area contributed by atoms with E-state index in [-0.39, 0.29) is 0 Å². The van der Waals surface area contributed by atoms with Gasteiger partial charge in [0, 0.05) is 35.5 Å². The molecule has 0 saturated carbocycles. The molecule has 0 atom stereocenters. The predicted octanol–water partition coefficient (Wildman–Crippen LogP) is 3.68. The molecule has 88 valence electrons. The third-order valence-corrected chi connectivity index (χ3v) is 2.98. The SMILES string of the molecule is Clc1ccc(Cl)c(CNCc2cccnc2)c1. The average Bonchev–Trinajstić information content (AvgIpc) is 2.35. The maximum Gasteiger partial charge on any atom is 0.0451 e. The molecule has 0 spiro atoms. The summed E-state index contributed by atoms with van der Waals surface area (Å²) in [5.74, 6) is 0. The minimum atomic E-state index is 0.689. The van der Waals surface area contributed by atoms with Crippen LogP contribution in [0.25, 0.3) is 0 Å². The van der Waals surface area contributed by atoms with Crippen molar-refractivity contribution in [1.29, 1.82) is 0 Å². The average molecular weight is 267 g/mol. The van der Waals surface area contributed by atoms with Gasteiger partial charge in [-0.15, -0.1) is 0 Å². The monoisotopic (exact) mass is 266 g/mol. The number of aromatic nitrogens is 1.